The number of hydrogen-bond donors (Lipinski definition) is 4. The molecule has 0 aliphatic carbocycles. The minimum absolute atomic E-state index is 0.00253. The van der Waals surface area contributed by atoms with E-state index in [0.29, 0.717) is 37.4 Å². The fourth-order valence-corrected chi connectivity index (χ4v) is 6.70. The number of halogens is 1. The molecular weight excluding hydrogens is 626 g/mol. The number of carbonyl (C=O) groups is 1. The predicted octanol–water partition coefficient (Wildman–Crippen LogP) is 6.85. The average Bonchev–Trinajstić information content (AvgIpc) is 3.12. The topological polar surface area (TPSA) is 103 Å². The van der Waals surface area contributed by atoms with Crippen molar-refractivity contribution in [1.29, 1.82) is 0 Å². The number of carbonyl (C=O) groups excluding carboxylic acids is 1. The highest BCUT2D eigenvalue weighted by atomic mass is 35.5. The van der Waals surface area contributed by atoms with E-state index in [2.05, 4.69) is 51.9 Å². The van der Waals surface area contributed by atoms with E-state index in [9.17, 15) is 15.0 Å². The minimum Gasteiger partial charge on any atom is -0.392 e. The lowest BCUT2D eigenvalue weighted by Crippen LogP contribution is -2.46. The number of amides is 2. The zero-order chi connectivity index (χ0) is 33.5. The summed E-state index contributed by atoms with van der Waals surface area (Å²) in [7, 11) is 0. The number of piperidine rings is 1. The monoisotopic (exact) mass is 669 g/mol. The maximum atomic E-state index is 11.9. The second kappa shape index (κ2) is 15.6. The molecule has 4 aromatic carbocycles. The van der Waals surface area contributed by atoms with Gasteiger partial charge in [0.25, 0.3) is 0 Å². The molecule has 2 fully saturated rings. The Morgan fingerprint density at radius 1 is 0.875 bits per heavy atom. The Bertz CT molecular complexity index is 1640. The molecule has 6 rings (SSSR count). The molecule has 2 heterocycles. The second-order valence-electron chi connectivity index (χ2n) is 12.7. The van der Waals surface area contributed by atoms with Crippen molar-refractivity contribution in [3.63, 3.8) is 0 Å². The van der Waals surface area contributed by atoms with Crippen LogP contribution in [0.15, 0.2) is 97.1 Å². The molecule has 0 radical (unpaired) electrons. The van der Waals surface area contributed by atoms with Gasteiger partial charge < -0.3 is 35.2 Å². The summed E-state index contributed by atoms with van der Waals surface area (Å²) in [5.41, 5.74) is 6.03. The van der Waals surface area contributed by atoms with Gasteiger partial charge in [-0.1, -0.05) is 90.5 Å². The van der Waals surface area contributed by atoms with Crippen LogP contribution in [0.1, 0.15) is 66.4 Å². The van der Waals surface area contributed by atoms with Crippen LogP contribution in [0.5, 0.6) is 0 Å². The van der Waals surface area contributed by atoms with Crippen molar-refractivity contribution in [2.45, 2.75) is 63.4 Å². The van der Waals surface area contributed by atoms with E-state index in [1.165, 1.54) is 0 Å². The van der Waals surface area contributed by atoms with Crippen LogP contribution in [0.2, 0.25) is 5.02 Å². The molecule has 252 valence electrons. The fourth-order valence-electron chi connectivity index (χ4n) is 6.57. The first-order chi connectivity index (χ1) is 23.3. The number of likely N-dealkylation sites (tertiary alicyclic amines) is 1. The molecule has 0 unspecified atom stereocenters. The van der Waals surface area contributed by atoms with Crippen molar-refractivity contribution in [2.24, 2.45) is 0 Å². The highest BCUT2D eigenvalue weighted by molar-refractivity contribution is 6.30. The van der Waals surface area contributed by atoms with E-state index >= 15 is 0 Å². The van der Waals surface area contributed by atoms with E-state index < -0.39 is 11.9 Å². The number of urea groups is 1. The summed E-state index contributed by atoms with van der Waals surface area (Å²) in [4.78, 5) is 14.2. The van der Waals surface area contributed by atoms with Crippen LogP contribution in [0.3, 0.4) is 0 Å². The number of ether oxygens (including phenoxy) is 2. The van der Waals surface area contributed by atoms with Gasteiger partial charge >= 0.3 is 6.03 Å². The van der Waals surface area contributed by atoms with Crippen LogP contribution >= 0.6 is 11.6 Å². The van der Waals surface area contributed by atoms with Crippen LogP contribution in [0, 0.1) is 0 Å². The first-order valence-corrected chi connectivity index (χ1v) is 17.1. The Labute approximate surface area is 287 Å². The van der Waals surface area contributed by atoms with Crippen LogP contribution in [-0.2, 0) is 28.2 Å². The molecule has 9 heteroatoms. The SMILES string of the molecule is CCNC(=O)NCc1cccc(-c2ccc([C@@H]3O[C@H](CN4CCC(O)(c5ccc(Cl)cc5)CC4)C[C@H](c4ccc(CO)cc4)O3)cc2)c1. The van der Waals surface area contributed by atoms with E-state index in [1.807, 2.05) is 67.6 Å². The Morgan fingerprint density at radius 3 is 2.27 bits per heavy atom. The molecular formula is C39H44ClN3O5. The zero-order valence-corrected chi connectivity index (χ0v) is 28.0. The lowest BCUT2D eigenvalue weighted by atomic mass is 9.84. The van der Waals surface area contributed by atoms with Gasteiger partial charge in [0.15, 0.2) is 6.29 Å². The molecule has 4 aromatic rings. The Morgan fingerprint density at radius 2 is 1.58 bits per heavy atom. The average molecular weight is 670 g/mol. The van der Waals surface area contributed by atoms with Gasteiger partial charge in [-0.15, -0.1) is 0 Å². The summed E-state index contributed by atoms with van der Waals surface area (Å²) in [6.07, 6.45) is 1.16. The number of hydrogen-bond acceptors (Lipinski definition) is 6. The van der Waals surface area contributed by atoms with Gasteiger partial charge in [-0.25, -0.2) is 4.79 Å². The first-order valence-electron chi connectivity index (χ1n) is 16.7. The normalized spacial score (nSPS) is 21.0. The minimum atomic E-state index is -0.862. The number of rotatable bonds is 10. The molecule has 2 aliphatic rings. The van der Waals surface area contributed by atoms with Gasteiger partial charge in [0.2, 0.25) is 0 Å². The number of nitrogens with one attached hydrogen (secondary N) is 2. The van der Waals surface area contributed by atoms with E-state index in [-0.39, 0.29) is 24.8 Å². The number of aliphatic hydroxyl groups is 2. The Hall–Kier alpha value is -3.76. The third-order valence-electron chi connectivity index (χ3n) is 9.38. The zero-order valence-electron chi connectivity index (χ0n) is 27.3. The van der Waals surface area contributed by atoms with E-state index in [1.54, 1.807) is 0 Å². The van der Waals surface area contributed by atoms with Crippen LogP contribution in [-0.4, -0.2) is 53.4 Å². The molecule has 0 bridgehead atoms. The highest BCUT2D eigenvalue weighted by Gasteiger charge is 2.37. The summed E-state index contributed by atoms with van der Waals surface area (Å²) in [6.45, 7) is 5.16. The molecule has 0 aromatic heterocycles. The second-order valence-corrected chi connectivity index (χ2v) is 13.2. The third-order valence-corrected chi connectivity index (χ3v) is 9.63. The maximum absolute atomic E-state index is 11.9. The molecule has 2 amide bonds. The first kappa shape index (κ1) is 34.1. The van der Waals surface area contributed by atoms with Gasteiger partial charge in [0.05, 0.1) is 24.4 Å². The van der Waals surface area contributed by atoms with Gasteiger partial charge in [0.1, 0.15) is 0 Å². The molecule has 2 aliphatic heterocycles. The van der Waals surface area contributed by atoms with Crippen molar-refractivity contribution in [1.82, 2.24) is 15.5 Å². The largest absolute Gasteiger partial charge is 0.392 e. The van der Waals surface area contributed by atoms with E-state index in [0.717, 1.165) is 58.6 Å². The van der Waals surface area contributed by atoms with Crippen molar-refractivity contribution in [3.05, 3.63) is 130 Å². The predicted molar refractivity (Wildman–Crippen MR) is 187 cm³/mol. The lowest BCUT2D eigenvalue weighted by molar-refractivity contribution is -0.253. The van der Waals surface area contributed by atoms with Gasteiger partial charge in [-0.2, -0.15) is 0 Å². The fraction of sp³-hybridized carbons (Fsp3) is 0.359. The van der Waals surface area contributed by atoms with Crippen LogP contribution < -0.4 is 10.6 Å². The summed E-state index contributed by atoms with van der Waals surface area (Å²) >= 11 is 6.09. The number of nitrogens with zero attached hydrogens (tertiary/aromatic N) is 1. The molecule has 48 heavy (non-hydrogen) atoms. The standard InChI is InChI=1S/C39H44ClN3O5/c1-2-41-38(45)42-24-28-4-3-5-32(22-28)29-10-12-31(13-11-29)37-47-35(23-36(48-37)30-8-6-27(26-44)7-9-30)25-43-20-18-39(46,19-21-43)33-14-16-34(40)17-15-33/h3-17,22,35-37,44,46H,2,18-21,23-26H2,1H3,(H2,41,42,45)/t35-,36+,37+/m0/s1. The maximum Gasteiger partial charge on any atom is 0.315 e. The Kier molecular flexibility index (Phi) is 11.1. The number of benzene rings is 4. The van der Waals surface area contributed by atoms with Crippen LogP contribution in [0.4, 0.5) is 4.79 Å². The number of aliphatic hydroxyl groups excluding tert-OH is 1. The van der Waals surface area contributed by atoms with Gasteiger partial charge in [-0.05, 0) is 71.3 Å². The highest BCUT2D eigenvalue weighted by Crippen LogP contribution is 2.40. The molecule has 8 nitrogen and oxygen atoms in total. The van der Waals surface area contributed by atoms with E-state index in [4.69, 9.17) is 21.1 Å². The quantitative estimate of drug-likeness (QED) is 0.147. The van der Waals surface area contributed by atoms with Crippen molar-refractivity contribution in [2.75, 3.05) is 26.2 Å². The summed E-state index contributed by atoms with van der Waals surface area (Å²) < 4.78 is 13.2. The van der Waals surface area contributed by atoms with Gasteiger partial charge in [0, 0.05) is 49.7 Å². The molecule has 0 saturated carbocycles. The third kappa shape index (κ3) is 8.44. The van der Waals surface area contributed by atoms with Gasteiger partial charge in [-0.3, -0.25) is 0 Å². The lowest BCUT2D eigenvalue weighted by Gasteiger charge is -2.42. The van der Waals surface area contributed by atoms with Crippen molar-refractivity contribution >= 4 is 17.6 Å². The molecule has 2 saturated heterocycles. The smallest absolute Gasteiger partial charge is 0.315 e. The summed E-state index contributed by atoms with van der Waals surface area (Å²) in [5.74, 6) is 0. The molecule has 0 spiro atoms. The molecule has 3 atom stereocenters. The van der Waals surface area contributed by atoms with Crippen molar-refractivity contribution < 1.29 is 24.5 Å². The van der Waals surface area contributed by atoms with Crippen LogP contribution in [0.25, 0.3) is 11.1 Å². The molecule has 4 N–H and O–H groups in total. The van der Waals surface area contributed by atoms with Crippen molar-refractivity contribution in [3.8, 4) is 11.1 Å². The summed E-state index contributed by atoms with van der Waals surface area (Å²) in [5, 5.41) is 27.3. The summed E-state index contributed by atoms with van der Waals surface area (Å²) in [6, 6.07) is 31.7. The Balaban J connectivity index is 1.15.